The fourth-order valence-corrected chi connectivity index (χ4v) is 4.61. The number of hydrogen-bond donors (Lipinski definition) is 4. The third-order valence-corrected chi connectivity index (χ3v) is 6.27. The molecule has 0 saturated carbocycles. The van der Waals surface area contributed by atoms with Gasteiger partial charge in [0.05, 0.1) is 11.5 Å². The minimum atomic E-state index is -1.64. The standard InChI is InChI=1S/C20H23NO8S2/c22-12(9-14-18(27)21(20(30)31-14)8-4-7-15(24)25)16(26)17-13(23)10-28-19(29-17)11-5-2-1-3-6-11/h1-3,5-6,13,16-17,19,23,26-27H,4,7-10H2,(H,24,25). The molecule has 2 heterocycles. The lowest BCUT2D eigenvalue weighted by atomic mass is 10.0. The van der Waals surface area contributed by atoms with Gasteiger partial charge in [-0.15, -0.1) is 11.3 Å². The van der Waals surface area contributed by atoms with Gasteiger partial charge in [-0.05, 0) is 18.6 Å². The third kappa shape index (κ3) is 5.76. The van der Waals surface area contributed by atoms with E-state index in [1.54, 1.807) is 24.3 Å². The quantitative estimate of drug-likeness (QED) is 0.405. The van der Waals surface area contributed by atoms with Gasteiger partial charge in [0.2, 0.25) is 5.88 Å². The molecule has 0 spiro atoms. The lowest BCUT2D eigenvalue weighted by Crippen LogP contribution is -2.50. The Morgan fingerprint density at radius 2 is 2.00 bits per heavy atom. The predicted molar refractivity (Wildman–Crippen MR) is 112 cm³/mol. The SMILES string of the molecule is O=C(O)CCCn1c(O)c(CC(=O)C(O)C2OC(c3ccccc3)OCC2O)sc1=S. The molecule has 4 atom stereocenters. The van der Waals surface area contributed by atoms with E-state index in [9.17, 15) is 24.9 Å². The number of carbonyl (C=O) groups excluding carboxylic acids is 1. The number of aromatic nitrogens is 1. The van der Waals surface area contributed by atoms with E-state index in [0.29, 0.717) is 9.52 Å². The van der Waals surface area contributed by atoms with Crippen LogP contribution in [0, 0.1) is 3.95 Å². The van der Waals surface area contributed by atoms with Crippen LogP contribution in [-0.2, 0) is 32.0 Å². The Morgan fingerprint density at radius 3 is 2.68 bits per heavy atom. The number of aromatic hydroxyl groups is 1. The number of ketones is 1. The van der Waals surface area contributed by atoms with Gasteiger partial charge in [0.1, 0.15) is 18.3 Å². The summed E-state index contributed by atoms with van der Waals surface area (Å²) in [5.74, 6) is -1.83. The predicted octanol–water partition coefficient (Wildman–Crippen LogP) is 1.80. The van der Waals surface area contributed by atoms with Crippen molar-refractivity contribution < 1.29 is 39.5 Å². The van der Waals surface area contributed by atoms with Crippen molar-refractivity contribution in [1.29, 1.82) is 0 Å². The minimum Gasteiger partial charge on any atom is -0.494 e. The molecule has 1 aromatic carbocycles. The monoisotopic (exact) mass is 469 g/mol. The first-order chi connectivity index (χ1) is 14.8. The molecule has 4 N–H and O–H groups in total. The average molecular weight is 470 g/mol. The Hall–Kier alpha value is -2.15. The molecular formula is C20H23NO8S2. The summed E-state index contributed by atoms with van der Waals surface area (Å²) in [6.45, 7) is 0.0868. The minimum absolute atomic E-state index is 0.0778. The Kier molecular flexibility index (Phi) is 7.92. The summed E-state index contributed by atoms with van der Waals surface area (Å²) in [5.41, 5.74) is 0.688. The summed E-state index contributed by atoms with van der Waals surface area (Å²) >= 11 is 6.20. The summed E-state index contributed by atoms with van der Waals surface area (Å²) in [4.78, 5) is 23.6. The number of hydrogen-bond acceptors (Lipinski definition) is 9. The van der Waals surface area contributed by atoms with E-state index in [2.05, 4.69) is 0 Å². The number of rotatable bonds is 9. The van der Waals surface area contributed by atoms with E-state index in [-0.39, 0.29) is 43.2 Å². The number of ether oxygens (including phenoxy) is 2. The third-order valence-electron chi connectivity index (χ3n) is 4.83. The van der Waals surface area contributed by atoms with Gasteiger partial charge < -0.3 is 29.9 Å². The number of carboxylic acid groups (broad SMARTS) is 1. The number of aliphatic hydroxyl groups excluding tert-OH is 2. The number of Topliss-reactive ketones (excluding diaryl/α,β-unsaturated/α-hetero) is 1. The molecule has 0 aliphatic carbocycles. The zero-order valence-electron chi connectivity index (χ0n) is 16.4. The van der Waals surface area contributed by atoms with Crippen molar-refractivity contribution in [2.24, 2.45) is 0 Å². The van der Waals surface area contributed by atoms with Gasteiger partial charge in [-0.3, -0.25) is 14.2 Å². The van der Waals surface area contributed by atoms with E-state index in [1.807, 2.05) is 6.07 Å². The van der Waals surface area contributed by atoms with Gasteiger partial charge >= 0.3 is 5.97 Å². The van der Waals surface area contributed by atoms with Gasteiger partial charge in [-0.1, -0.05) is 30.3 Å². The molecule has 9 nitrogen and oxygen atoms in total. The highest BCUT2D eigenvalue weighted by atomic mass is 32.1. The van der Waals surface area contributed by atoms with Crippen LogP contribution in [0.25, 0.3) is 0 Å². The second kappa shape index (κ2) is 10.4. The van der Waals surface area contributed by atoms with Crippen molar-refractivity contribution in [3.05, 3.63) is 44.7 Å². The molecule has 3 rings (SSSR count). The second-order valence-corrected chi connectivity index (χ2v) is 8.82. The number of carboxylic acids is 1. The topological polar surface area (TPSA) is 138 Å². The lowest BCUT2D eigenvalue weighted by Gasteiger charge is -2.36. The molecule has 31 heavy (non-hydrogen) atoms. The molecule has 4 unspecified atom stereocenters. The molecule has 1 aliphatic heterocycles. The second-order valence-electron chi connectivity index (χ2n) is 7.10. The highest BCUT2D eigenvalue weighted by Gasteiger charge is 2.39. The van der Waals surface area contributed by atoms with E-state index in [1.165, 1.54) is 4.57 Å². The highest BCUT2D eigenvalue weighted by Crippen LogP contribution is 2.30. The maximum atomic E-state index is 12.7. The van der Waals surface area contributed by atoms with Gasteiger partial charge in [0, 0.05) is 24.9 Å². The summed E-state index contributed by atoms with van der Waals surface area (Å²) in [6.07, 6.45) is -4.98. The molecule has 0 radical (unpaired) electrons. The number of thiazole rings is 1. The van der Waals surface area contributed by atoms with Crippen molar-refractivity contribution in [3.63, 3.8) is 0 Å². The Bertz CT molecular complexity index is 973. The molecule has 0 bridgehead atoms. The Labute approximate surface area is 187 Å². The molecule has 1 saturated heterocycles. The molecule has 168 valence electrons. The number of nitrogens with zero attached hydrogens (tertiary/aromatic N) is 1. The van der Waals surface area contributed by atoms with Crippen molar-refractivity contribution in [1.82, 2.24) is 4.57 Å². The van der Waals surface area contributed by atoms with Crippen LogP contribution in [-0.4, -0.2) is 61.7 Å². The van der Waals surface area contributed by atoms with Gasteiger partial charge in [-0.2, -0.15) is 0 Å². The maximum absolute atomic E-state index is 12.7. The summed E-state index contributed by atoms with van der Waals surface area (Å²) in [7, 11) is 0. The molecule has 2 aromatic rings. The molecule has 0 amide bonds. The van der Waals surface area contributed by atoms with Gasteiger partial charge in [-0.25, -0.2) is 0 Å². The van der Waals surface area contributed by atoms with Crippen LogP contribution in [0.2, 0.25) is 0 Å². The maximum Gasteiger partial charge on any atom is 0.303 e. The van der Waals surface area contributed by atoms with Gasteiger partial charge in [0.15, 0.2) is 16.0 Å². The zero-order chi connectivity index (χ0) is 22.5. The normalized spacial score (nSPS) is 22.2. The number of aliphatic hydroxyl groups is 2. The molecule has 11 heteroatoms. The van der Waals surface area contributed by atoms with Crippen molar-refractivity contribution >= 4 is 35.3 Å². The molecule has 1 fully saturated rings. The Morgan fingerprint density at radius 1 is 1.29 bits per heavy atom. The fraction of sp³-hybridized carbons (Fsp3) is 0.450. The van der Waals surface area contributed by atoms with Crippen LogP contribution in [0.5, 0.6) is 5.88 Å². The fourth-order valence-electron chi connectivity index (χ4n) is 3.21. The Balaban J connectivity index is 1.67. The number of carbonyl (C=O) groups is 2. The van der Waals surface area contributed by atoms with Crippen LogP contribution in [0.1, 0.15) is 29.6 Å². The lowest BCUT2D eigenvalue weighted by molar-refractivity contribution is -0.272. The molecule has 1 aromatic heterocycles. The summed E-state index contributed by atoms with van der Waals surface area (Å²) < 4.78 is 12.8. The van der Waals surface area contributed by atoms with Crippen LogP contribution >= 0.6 is 23.6 Å². The highest BCUT2D eigenvalue weighted by molar-refractivity contribution is 7.73. The first-order valence-corrected chi connectivity index (χ1v) is 10.8. The van der Waals surface area contributed by atoms with Crippen molar-refractivity contribution in [2.75, 3.05) is 6.61 Å². The summed E-state index contributed by atoms with van der Waals surface area (Å²) in [5, 5.41) is 39.9. The van der Waals surface area contributed by atoms with E-state index in [0.717, 1.165) is 11.3 Å². The molecule has 1 aliphatic rings. The van der Waals surface area contributed by atoms with Crippen molar-refractivity contribution in [3.8, 4) is 5.88 Å². The van der Waals surface area contributed by atoms with Gasteiger partial charge in [0.25, 0.3) is 0 Å². The zero-order valence-corrected chi connectivity index (χ0v) is 18.1. The first-order valence-electron chi connectivity index (χ1n) is 9.62. The van der Waals surface area contributed by atoms with Crippen molar-refractivity contribution in [2.45, 2.75) is 50.4 Å². The van der Waals surface area contributed by atoms with Crippen LogP contribution in [0.15, 0.2) is 30.3 Å². The molecular weight excluding hydrogens is 446 g/mol. The number of benzene rings is 1. The van der Waals surface area contributed by atoms with Crippen LogP contribution in [0.4, 0.5) is 0 Å². The smallest absolute Gasteiger partial charge is 0.303 e. The van der Waals surface area contributed by atoms with Crippen LogP contribution < -0.4 is 0 Å². The number of aliphatic carboxylic acids is 1. The largest absolute Gasteiger partial charge is 0.494 e. The van der Waals surface area contributed by atoms with Crippen LogP contribution in [0.3, 0.4) is 0 Å². The van der Waals surface area contributed by atoms with E-state index < -0.39 is 36.4 Å². The first kappa shape index (κ1) is 23.5. The van der Waals surface area contributed by atoms with E-state index in [4.69, 9.17) is 26.8 Å². The van der Waals surface area contributed by atoms with E-state index >= 15 is 0 Å². The summed E-state index contributed by atoms with van der Waals surface area (Å²) in [6, 6.07) is 8.95. The average Bonchev–Trinajstić information content (AvgIpc) is 3.01.